The molecule has 2 rings (SSSR count). The Morgan fingerprint density at radius 2 is 2.10 bits per heavy atom. The van der Waals surface area contributed by atoms with Crippen molar-refractivity contribution in [3.8, 4) is 0 Å². The molecule has 1 aromatic heterocycles. The van der Waals surface area contributed by atoms with Gasteiger partial charge in [-0.3, -0.25) is 10.1 Å². The zero-order valence-electron chi connectivity index (χ0n) is 10.5. The molecule has 0 fully saturated rings. The number of nitrogens with zero attached hydrogens (tertiary/aromatic N) is 4. The molecule has 0 radical (unpaired) electrons. The Kier molecular flexibility index (Phi) is 3.73. The third kappa shape index (κ3) is 2.94. The topological polar surface area (TPSA) is 107 Å². The fourth-order valence-electron chi connectivity index (χ4n) is 1.41. The third-order valence-corrected chi connectivity index (χ3v) is 3.88. The quantitative estimate of drug-likeness (QED) is 0.884. The van der Waals surface area contributed by atoms with Gasteiger partial charge >= 0.3 is 0 Å². The molecular weight excluding hydrogens is 306 g/mol. The maximum absolute atomic E-state index is 12.0. The van der Waals surface area contributed by atoms with E-state index in [0.717, 1.165) is 6.26 Å². The summed E-state index contributed by atoms with van der Waals surface area (Å²) >= 11 is 5.93. The van der Waals surface area contributed by atoms with Crippen LogP contribution in [0.2, 0.25) is 5.02 Å². The summed E-state index contributed by atoms with van der Waals surface area (Å²) in [5.74, 6) is -0.383. The molecule has 0 saturated heterocycles. The van der Waals surface area contributed by atoms with Gasteiger partial charge in [-0.2, -0.15) is 0 Å². The summed E-state index contributed by atoms with van der Waals surface area (Å²) in [6.45, 7) is 0. The van der Waals surface area contributed by atoms with Gasteiger partial charge < -0.3 is 0 Å². The Hall–Kier alpha value is -2.00. The van der Waals surface area contributed by atoms with Crippen LogP contribution in [-0.2, 0) is 16.9 Å². The number of aryl methyl sites for hydroxylation is 1. The zero-order chi connectivity index (χ0) is 14.9. The maximum Gasteiger partial charge on any atom is 0.259 e. The lowest BCUT2D eigenvalue weighted by Gasteiger charge is -2.06. The van der Waals surface area contributed by atoms with Crippen LogP contribution in [0.15, 0.2) is 23.1 Å². The van der Waals surface area contributed by atoms with Crippen LogP contribution < -0.4 is 5.32 Å². The highest BCUT2D eigenvalue weighted by atomic mass is 35.5. The fourth-order valence-corrected chi connectivity index (χ4v) is 2.39. The molecule has 0 unspecified atom stereocenters. The first kappa shape index (κ1) is 14.4. The van der Waals surface area contributed by atoms with Crippen LogP contribution in [0.3, 0.4) is 0 Å². The van der Waals surface area contributed by atoms with Gasteiger partial charge in [0.15, 0.2) is 9.84 Å². The van der Waals surface area contributed by atoms with Crippen molar-refractivity contribution in [2.75, 3.05) is 11.6 Å². The van der Waals surface area contributed by atoms with E-state index in [1.807, 2.05) is 0 Å². The first-order valence-electron chi connectivity index (χ1n) is 5.32. The van der Waals surface area contributed by atoms with Crippen LogP contribution in [0.25, 0.3) is 0 Å². The molecule has 0 atom stereocenters. The number of hydrogen-bond donors (Lipinski definition) is 1. The molecular formula is C10H10ClN5O3S. The number of carbonyl (C=O) groups is 1. The summed E-state index contributed by atoms with van der Waals surface area (Å²) in [5.41, 5.74) is 0.127. The molecule has 10 heteroatoms. The first-order valence-corrected chi connectivity index (χ1v) is 7.59. The number of anilines is 1. The molecule has 0 aliphatic carbocycles. The van der Waals surface area contributed by atoms with Crippen molar-refractivity contribution in [3.63, 3.8) is 0 Å². The number of carbonyl (C=O) groups excluding carboxylic acids is 1. The highest BCUT2D eigenvalue weighted by Crippen LogP contribution is 2.21. The van der Waals surface area contributed by atoms with Crippen LogP contribution >= 0.6 is 11.6 Å². The van der Waals surface area contributed by atoms with Crippen molar-refractivity contribution >= 4 is 33.3 Å². The lowest BCUT2D eigenvalue weighted by molar-refractivity contribution is 0.102. The molecule has 106 valence electrons. The lowest BCUT2D eigenvalue weighted by atomic mass is 10.2. The first-order chi connectivity index (χ1) is 9.29. The van der Waals surface area contributed by atoms with Gasteiger partial charge in [-0.05, 0) is 28.6 Å². The third-order valence-electron chi connectivity index (χ3n) is 2.46. The van der Waals surface area contributed by atoms with E-state index in [-0.39, 0.29) is 21.4 Å². The molecule has 1 amide bonds. The number of amides is 1. The van der Waals surface area contributed by atoms with E-state index in [0.29, 0.717) is 0 Å². The summed E-state index contributed by atoms with van der Waals surface area (Å²) in [4.78, 5) is 12.0. The van der Waals surface area contributed by atoms with E-state index in [1.54, 1.807) is 7.05 Å². The Morgan fingerprint density at radius 1 is 1.40 bits per heavy atom. The number of halogens is 1. The normalized spacial score (nSPS) is 11.3. The SMILES string of the molecule is Cn1nnnc1NC(=O)c1ccc(S(C)(=O)=O)cc1Cl. The molecule has 0 spiro atoms. The minimum Gasteiger partial charge on any atom is -0.289 e. The Morgan fingerprint density at radius 3 is 2.60 bits per heavy atom. The second-order valence-electron chi connectivity index (χ2n) is 3.99. The predicted molar refractivity (Wildman–Crippen MR) is 71.3 cm³/mol. The summed E-state index contributed by atoms with van der Waals surface area (Å²) in [5, 5.41) is 13.0. The Bertz CT molecular complexity index is 771. The highest BCUT2D eigenvalue weighted by molar-refractivity contribution is 7.90. The van der Waals surface area contributed by atoms with Crippen molar-refractivity contribution in [1.82, 2.24) is 20.2 Å². The second kappa shape index (κ2) is 5.17. The summed E-state index contributed by atoms with van der Waals surface area (Å²) < 4.78 is 24.0. The van der Waals surface area contributed by atoms with Crippen LogP contribution in [0, 0.1) is 0 Å². The molecule has 0 saturated carbocycles. The second-order valence-corrected chi connectivity index (χ2v) is 6.42. The molecule has 8 nitrogen and oxygen atoms in total. The smallest absolute Gasteiger partial charge is 0.259 e. The number of rotatable bonds is 3. The molecule has 0 aliphatic rings. The molecule has 1 heterocycles. The van der Waals surface area contributed by atoms with Crippen molar-refractivity contribution < 1.29 is 13.2 Å². The lowest BCUT2D eigenvalue weighted by Crippen LogP contribution is -2.16. The van der Waals surface area contributed by atoms with Crippen LogP contribution in [0.1, 0.15) is 10.4 Å². The van der Waals surface area contributed by atoms with Crippen molar-refractivity contribution in [2.45, 2.75) is 4.90 Å². The molecule has 20 heavy (non-hydrogen) atoms. The van der Waals surface area contributed by atoms with E-state index in [9.17, 15) is 13.2 Å². The van der Waals surface area contributed by atoms with E-state index < -0.39 is 15.7 Å². The summed E-state index contributed by atoms with van der Waals surface area (Å²) in [6.07, 6.45) is 1.06. The predicted octanol–water partition coefficient (Wildman–Crippen LogP) is 0.519. The number of benzene rings is 1. The van der Waals surface area contributed by atoms with Gasteiger partial charge in [-0.1, -0.05) is 16.7 Å². The van der Waals surface area contributed by atoms with Gasteiger partial charge in [0.25, 0.3) is 5.91 Å². The van der Waals surface area contributed by atoms with E-state index in [1.165, 1.54) is 22.9 Å². The van der Waals surface area contributed by atoms with Gasteiger partial charge in [0.05, 0.1) is 15.5 Å². The van der Waals surface area contributed by atoms with Crippen LogP contribution in [0.4, 0.5) is 5.95 Å². The number of hydrogen-bond acceptors (Lipinski definition) is 6. The maximum atomic E-state index is 12.0. The summed E-state index contributed by atoms with van der Waals surface area (Å²) in [6, 6.07) is 3.86. The number of nitrogens with one attached hydrogen (secondary N) is 1. The van der Waals surface area contributed by atoms with E-state index in [4.69, 9.17) is 11.6 Å². The van der Waals surface area contributed by atoms with Crippen molar-refractivity contribution in [2.24, 2.45) is 7.05 Å². The van der Waals surface area contributed by atoms with Crippen LogP contribution in [-0.4, -0.2) is 40.8 Å². The molecule has 1 aromatic carbocycles. The minimum absolute atomic E-state index is 0.0283. The number of tetrazole rings is 1. The molecule has 0 bridgehead atoms. The molecule has 0 aliphatic heterocycles. The molecule has 2 aromatic rings. The van der Waals surface area contributed by atoms with E-state index in [2.05, 4.69) is 20.8 Å². The number of aromatic nitrogens is 4. The summed E-state index contributed by atoms with van der Waals surface area (Å²) in [7, 11) is -1.82. The average molecular weight is 316 g/mol. The average Bonchev–Trinajstić information content (AvgIpc) is 2.73. The van der Waals surface area contributed by atoms with Gasteiger partial charge in [-0.25, -0.2) is 13.1 Å². The fraction of sp³-hybridized carbons (Fsp3) is 0.200. The monoisotopic (exact) mass is 315 g/mol. The molecule has 1 N–H and O–H groups in total. The van der Waals surface area contributed by atoms with Gasteiger partial charge in [0, 0.05) is 13.3 Å². The number of sulfone groups is 1. The van der Waals surface area contributed by atoms with Crippen molar-refractivity contribution in [3.05, 3.63) is 28.8 Å². The van der Waals surface area contributed by atoms with Crippen LogP contribution in [0.5, 0.6) is 0 Å². The largest absolute Gasteiger partial charge is 0.289 e. The highest BCUT2D eigenvalue weighted by Gasteiger charge is 2.16. The minimum atomic E-state index is -3.38. The van der Waals surface area contributed by atoms with Gasteiger partial charge in [0.2, 0.25) is 5.95 Å². The standard InChI is InChI=1S/C10H10ClN5O3S/c1-16-10(13-14-15-16)12-9(17)7-4-3-6(5-8(7)11)20(2,18)19/h3-5H,1-2H3,(H,12,13,15,17). The van der Waals surface area contributed by atoms with Gasteiger partial charge in [-0.15, -0.1) is 0 Å². The van der Waals surface area contributed by atoms with Gasteiger partial charge in [0.1, 0.15) is 0 Å². The Labute approximate surface area is 119 Å². The zero-order valence-corrected chi connectivity index (χ0v) is 12.1. The Balaban J connectivity index is 2.30. The van der Waals surface area contributed by atoms with E-state index >= 15 is 0 Å². The van der Waals surface area contributed by atoms with Crippen molar-refractivity contribution in [1.29, 1.82) is 0 Å².